The maximum absolute atomic E-state index is 15.2. The second-order valence-corrected chi connectivity index (χ2v) is 11.3. The Balaban J connectivity index is 1.23. The van der Waals surface area contributed by atoms with E-state index < -0.39 is 11.6 Å². The first-order chi connectivity index (χ1) is 20.2. The molecule has 3 aromatic carbocycles. The topological polar surface area (TPSA) is 89.2 Å². The number of ether oxygens (including phenoxy) is 1. The molecule has 0 amide bonds. The van der Waals surface area contributed by atoms with E-state index in [-0.39, 0.29) is 40.2 Å². The second kappa shape index (κ2) is 11.2. The van der Waals surface area contributed by atoms with Crippen LogP contribution in [0.5, 0.6) is 11.5 Å². The number of likely N-dealkylation sites (tertiary alicyclic amines) is 1. The molecule has 0 bridgehead atoms. The summed E-state index contributed by atoms with van der Waals surface area (Å²) in [5.74, 6) is -0.635. The fourth-order valence-electron chi connectivity index (χ4n) is 5.58. The van der Waals surface area contributed by atoms with Gasteiger partial charge in [-0.15, -0.1) is 0 Å². The predicted octanol–water partition coefficient (Wildman–Crippen LogP) is 7.48. The Kier molecular flexibility index (Phi) is 7.47. The Labute approximate surface area is 246 Å². The molecule has 10 heteroatoms. The zero-order valence-corrected chi connectivity index (χ0v) is 24.0. The first-order valence-corrected chi connectivity index (χ1v) is 14.2. The molecule has 0 atom stereocenters. The lowest BCUT2D eigenvalue weighted by Crippen LogP contribution is -2.37. The fraction of sp³-hybridized carbons (Fsp3) is 0.250. The smallest absolute Gasteiger partial charge is 0.214 e. The highest BCUT2D eigenvalue weighted by molar-refractivity contribution is 6.32. The van der Waals surface area contributed by atoms with E-state index >= 15 is 8.78 Å². The van der Waals surface area contributed by atoms with Crippen LogP contribution in [0.1, 0.15) is 54.2 Å². The number of hydrogen-bond donors (Lipinski definition) is 2. The first-order valence-electron chi connectivity index (χ1n) is 13.9. The van der Waals surface area contributed by atoms with Crippen LogP contribution in [0.25, 0.3) is 16.6 Å². The number of fused-ring (bicyclic) bond motifs is 1. The molecular weight excluding hydrogens is 560 g/mol. The van der Waals surface area contributed by atoms with Crippen LogP contribution in [0.15, 0.2) is 66.9 Å². The lowest BCUT2D eigenvalue weighted by atomic mass is 9.88. The average molecular weight is 590 g/mol. The van der Waals surface area contributed by atoms with Gasteiger partial charge in [0.05, 0.1) is 22.5 Å². The quantitative estimate of drug-likeness (QED) is 0.192. The van der Waals surface area contributed by atoms with Crippen molar-refractivity contribution in [2.75, 3.05) is 18.8 Å². The molecule has 2 aromatic heterocycles. The number of para-hydroxylation sites is 1. The van der Waals surface area contributed by atoms with Crippen LogP contribution in [0.3, 0.4) is 0 Å². The summed E-state index contributed by atoms with van der Waals surface area (Å²) >= 11 is 6.13. The number of aromatic amines is 1. The molecule has 1 aliphatic heterocycles. The summed E-state index contributed by atoms with van der Waals surface area (Å²) in [6.07, 6.45) is 3.07. The molecule has 1 fully saturated rings. The number of benzene rings is 3. The van der Waals surface area contributed by atoms with Crippen LogP contribution in [0.2, 0.25) is 5.02 Å². The van der Waals surface area contributed by atoms with E-state index in [1.54, 1.807) is 36.4 Å². The van der Waals surface area contributed by atoms with Crippen LogP contribution >= 0.6 is 11.6 Å². The average Bonchev–Trinajstić information content (AvgIpc) is 3.56. The van der Waals surface area contributed by atoms with Crippen LogP contribution in [-0.4, -0.2) is 44.6 Å². The summed E-state index contributed by atoms with van der Waals surface area (Å²) in [5, 5.41) is 5.31. The Morgan fingerprint density at radius 1 is 1.07 bits per heavy atom. The predicted molar refractivity (Wildman–Crippen MR) is 160 cm³/mol. The number of nitrogen functional groups attached to an aromatic ring is 1. The molecule has 0 aliphatic carbocycles. The fourth-order valence-corrected chi connectivity index (χ4v) is 5.76. The van der Waals surface area contributed by atoms with Gasteiger partial charge in [0.15, 0.2) is 5.82 Å². The molecule has 0 radical (unpaired) electrons. The number of nitrogens with one attached hydrogen (secondary N) is 1. The van der Waals surface area contributed by atoms with Crippen molar-refractivity contribution in [3.05, 3.63) is 100 Å². The SMILES string of the molecule is CC(C)N1CCC(c2cc3cc(C(=O)c4cnn(-c5ccc(Oc6ccccc6Cl)cc5F)c4N)[nH]c3cc2F)CC1. The third kappa shape index (κ3) is 5.26. The highest BCUT2D eigenvalue weighted by Crippen LogP contribution is 2.34. The number of nitrogens with zero attached hydrogens (tertiary/aromatic N) is 3. The van der Waals surface area contributed by atoms with Gasteiger partial charge >= 0.3 is 0 Å². The number of carbonyl (C=O) groups excluding carboxylic acids is 1. The summed E-state index contributed by atoms with van der Waals surface area (Å²) in [4.78, 5) is 18.9. The van der Waals surface area contributed by atoms with E-state index in [1.807, 2.05) is 6.07 Å². The summed E-state index contributed by atoms with van der Waals surface area (Å²) < 4.78 is 37.1. The van der Waals surface area contributed by atoms with Gasteiger partial charge in [-0.25, -0.2) is 13.5 Å². The number of nitrogens with two attached hydrogens (primary N) is 1. The maximum atomic E-state index is 15.2. The number of halogens is 3. The number of H-pyrrole nitrogens is 1. The van der Waals surface area contributed by atoms with Crippen LogP contribution in [0, 0.1) is 11.6 Å². The van der Waals surface area contributed by atoms with Crippen molar-refractivity contribution < 1.29 is 18.3 Å². The lowest BCUT2D eigenvalue weighted by molar-refractivity contribution is 0.103. The van der Waals surface area contributed by atoms with E-state index in [0.717, 1.165) is 36.0 Å². The molecule has 7 nitrogen and oxygen atoms in total. The van der Waals surface area contributed by atoms with Gasteiger partial charge in [0, 0.05) is 23.0 Å². The van der Waals surface area contributed by atoms with Gasteiger partial charge in [0.2, 0.25) is 5.78 Å². The largest absolute Gasteiger partial charge is 0.456 e. The van der Waals surface area contributed by atoms with E-state index in [9.17, 15) is 4.79 Å². The molecule has 5 aromatic rings. The lowest BCUT2D eigenvalue weighted by Gasteiger charge is -2.34. The Hall–Kier alpha value is -4.21. The number of rotatable bonds is 7. The van der Waals surface area contributed by atoms with Gasteiger partial charge in [-0.05, 0) is 93.7 Å². The second-order valence-electron chi connectivity index (χ2n) is 10.9. The number of anilines is 1. The van der Waals surface area contributed by atoms with Gasteiger partial charge in [-0.1, -0.05) is 23.7 Å². The van der Waals surface area contributed by atoms with Crippen molar-refractivity contribution in [1.29, 1.82) is 0 Å². The standard InChI is InChI=1S/C32H30ClF2N5O2/c1-18(2)39-11-9-19(10-12-39)22-13-20-14-28(38-27(20)16-25(22)34)31(41)23-17-37-40(32(23)36)29-8-7-21(15-26(29)35)42-30-6-4-3-5-24(30)33/h3-8,13-19,38H,9-12,36H2,1-2H3. The molecule has 0 unspecified atom stereocenters. The Morgan fingerprint density at radius 2 is 1.83 bits per heavy atom. The van der Waals surface area contributed by atoms with E-state index in [2.05, 4.69) is 28.8 Å². The van der Waals surface area contributed by atoms with Gasteiger partial charge < -0.3 is 20.4 Å². The number of aromatic nitrogens is 3. The van der Waals surface area contributed by atoms with Crippen LogP contribution in [-0.2, 0) is 0 Å². The van der Waals surface area contributed by atoms with Crippen LogP contribution in [0.4, 0.5) is 14.6 Å². The summed E-state index contributed by atoms with van der Waals surface area (Å²) in [7, 11) is 0. The molecule has 1 saturated heterocycles. The number of piperidine rings is 1. The number of ketones is 1. The maximum Gasteiger partial charge on any atom is 0.214 e. The van der Waals surface area contributed by atoms with Crippen molar-refractivity contribution in [1.82, 2.24) is 19.7 Å². The molecule has 3 heterocycles. The van der Waals surface area contributed by atoms with Crippen molar-refractivity contribution in [3.8, 4) is 17.2 Å². The minimum atomic E-state index is -0.652. The molecule has 42 heavy (non-hydrogen) atoms. The third-order valence-corrected chi connectivity index (χ3v) is 8.26. The summed E-state index contributed by atoms with van der Waals surface area (Å²) in [6, 6.07) is 16.5. The van der Waals surface area contributed by atoms with E-state index in [4.69, 9.17) is 22.1 Å². The Bertz CT molecular complexity index is 1790. The zero-order valence-electron chi connectivity index (χ0n) is 23.2. The molecule has 216 valence electrons. The number of carbonyl (C=O) groups is 1. The molecular formula is C32H30ClF2N5O2. The van der Waals surface area contributed by atoms with E-state index in [1.165, 1.54) is 24.4 Å². The van der Waals surface area contributed by atoms with Crippen molar-refractivity contribution in [3.63, 3.8) is 0 Å². The molecule has 1 aliphatic rings. The molecule has 0 spiro atoms. The molecule has 0 saturated carbocycles. The Morgan fingerprint density at radius 3 is 2.55 bits per heavy atom. The highest BCUT2D eigenvalue weighted by atomic mass is 35.5. The first kappa shape index (κ1) is 27.9. The minimum Gasteiger partial charge on any atom is -0.456 e. The zero-order chi connectivity index (χ0) is 29.5. The van der Waals surface area contributed by atoms with Gasteiger partial charge in [-0.3, -0.25) is 4.79 Å². The third-order valence-electron chi connectivity index (χ3n) is 7.95. The molecule has 3 N–H and O–H groups in total. The van der Waals surface area contributed by atoms with Crippen molar-refractivity contribution in [2.45, 2.75) is 38.6 Å². The van der Waals surface area contributed by atoms with Crippen molar-refractivity contribution >= 4 is 34.1 Å². The summed E-state index contributed by atoms with van der Waals surface area (Å²) in [5.41, 5.74) is 7.86. The monoisotopic (exact) mass is 589 g/mol. The van der Waals surface area contributed by atoms with Gasteiger partial charge in [-0.2, -0.15) is 5.10 Å². The van der Waals surface area contributed by atoms with E-state index in [0.29, 0.717) is 27.9 Å². The highest BCUT2D eigenvalue weighted by Gasteiger charge is 2.26. The molecule has 6 rings (SSSR count). The summed E-state index contributed by atoms with van der Waals surface area (Å²) in [6.45, 7) is 6.20. The van der Waals surface area contributed by atoms with Crippen LogP contribution < -0.4 is 10.5 Å². The van der Waals surface area contributed by atoms with Crippen molar-refractivity contribution in [2.24, 2.45) is 0 Å². The number of hydrogen-bond acceptors (Lipinski definition) is 5. The van der Waals surface area contributed by atoms with Gasteiger partial charge in [0.25, 0.3) is 0 Å². The normalized spacial score (nSPS) is 14.6. The van der Waals surface area contributed by atoms with Gasteiger partial charge in [0.1, 0.15) is 28.8 Å². The minimum absolute atomic E-state index is 0.0267.